The second-order valence-corrected chi connectivity index (χ2v) is 9.51. The van der Waals surface area contributed by atoms with Gasteiger partial charge in [0.15, 0.2) is 0 Å². The Morgan fingerprint density at radius 2 is 1.75 bits per heavy atom. The van der Waals surface area contributed by atoms with Crippen LogP contribution in [0.5, 0.6) is 0 Å². The van der Waals surface area contributed by atoms with Crippen molar-refractivity contribution in [2.45, 2.75) is 38.6 Å². The van der Waals surface area contributed by atoms with E-state index < -0.39 is 0 Å². The van der Waals surface area contributed by atoms with Crippen molar-refractivity contribution in [2.24, 2.45) is 0 Å². The minimum absolute atomic E-state index is 0.0382. The van der Waals surface area contributed by atoms with Gasteiger partial charge in [0.05, 0.1) is 5.75 Å². The molecule has 1 aliphatic rings. The standard InChI is InChI=1S/C27H28N2O2S/c1-18(2)23-11-7-8-19(3)25(23)28-26(31)21-12-14-22(15-13-21)27-29(24(30)17-32-27)16-20-9-5-4-6-10-20/h4-15,18,27H,16-17H2,1-3H3,(H,28,31)/t27-/m0/s1. The summed E-state index contributed by atoms with van der Waals surface area (Å²) in [7, 11) is 0. The third-order valence-electron chi connectivity index (χ3n) is 5.79. The quantitative estimate of drug-likeness (QED) is 0.496. The first-order valence-electron chi connectivity index (χ1n) is 10.9. The second-order valence-electron chi connectivity index (χ2n) is 8.44. The first-order chi connectivity index (χ1) is 15.4. The monoisotopic (exact) mass is 444 g/mol. The van der Waals surface area contributed by atoms with E-state index >= 15 is 0 Å². The highest BCUT2D eigenvalue weighted by Crippen LogP contribution is 2.39. The van der Waals surface area contributed by atoms with Gasteiger partial charge >= 0.3 is 0 Å². The third-order valence-corrected chi connectivity index (χ3v) is 7.04. The molecule has 164 valence electrons. The number of benzene rings is 3. The molecule has 1 saturated heterocycles. The molecule has 5 heteroatoms. The molecule has 3 aromatic carbocycles. The van der Waals surface area contributed by atoms with Crippen LogP contribution < -0.4 is 5.32 Å². The number of para-hydroxylation sites is 1. The Hall–Kier alpha value is -3.05. The fourth-order valence-corrected chi connectivity index (χ4v) is 5.20. The second kappa shape index (κ2) is 9.61. The van der Waals surface area contributed by atoms with Gasteiger partial charge in [0.25, 0.3) is 5.91 Å². The Morgan fingerprint density at radius 1 is 1.03 bits per heavy atom. The van der Waals surface area contributed by atoms with Crippen molar-refractivity contribution in [3.63, 3.8) is 0 Å². The summed E-state index contributed by atoms with van der Waals surface area (Å²) in [6, 6.07) is 23.8. The molecule has 2 amide bonds. The molecule has 0 aromatic heterocycles. The van der Waals surface area contributed by atoms with Crippen LogP contribution in [0.2, 0.25) is 0 Å². The molecule has 0 radical (unpaired) electrons. The zero-order chi connectivity index (χ0) is 22.7. The van der Waals surface area contributed by atoms with Gasteiger partial charge in [-0.25, -0.2) is 0 Å². The number of amides is 2. The number of nitrogens with one attached hydrogen (secondary N) is 1. The Bertz CT molecular complexity index is 1110. The molecule has 0 bridgehead atoms. The zero-order valence-corrected chi connectivity index (χ0v) is 19.5. The lowest BCUT2D eigenvalue weighted by atomic mass is 9.98. The van der Waals surface area contributed by atoms with Crippen molar-refractivity contribution in [2.75, 3.05) is 11.1 Å². The van der Waals surface area contributed by atoms with Gasteiger partial charge in [-0.3, -0.25) is 9.59 Å². The summed E-state index contributed by atoms with van der Waals surface area (Å²) in [6.07, 6.45) is 0. The van der Waals surface area contributed by atoms with E-state index in [-0.39, 0.29) is 17.2 Å². The maximum absolute atomic E-state index is 13.0. The Kier molecular flexibility index (Phi) is 6.66. The summed E-state index contributed by atoms with van der Waals surface area (Å²) < 4.78 is 0. The van der Waals surface area contributed by atoms with Crippen molar-refractivity contribution in [1.29, 1.82) is 0 Å². The summed E-state index contributed by atoms with van der Waals surface area (Å²) in [5, 5.41) is 3.07. The molecule has 0 saturated carbocycles. The average molecular weight is 445 g/mol. The van der Waals surface area contributed by atoms with E-state index in [2.05, 4.69) is 25.2 Å². The van der Waals surface area contributed by atoms with Crippen LogP contribution in [0, 0.1) is 6.92 Å². The van der Waals surface area contributed by atoms with Crippen LogP contribution in [0.4, 0.5) is 5.69 Å². The third kappa shape index (κ3) is 4.73. The average Bonchev–Trinajstić information content (AvgIpc) is 3.15. The molecule has 1 heterocycles. The number of anilines is 1. The van der Waals surface area contributed by atoms with Crippen molar-refractivity contribution < 1.29 is 9.59 Å². The highest BCUT2D eigenvalue weighted by Gasteiger charge is 2.32. The smallest absolute Gasteiger partial charge is 0.255 e. The fraction of sp³-hybridized carbons (Fsp3) is 0.259. The van der Waals surface area contributed by atoms with Gasteiger partial charge in [0, 0.05) is 17.8 Å². The zero-order valence-electron chi connectivity index (χ0n) is 18.7. The number of hydrogen-bond acceptors (Lipinski definition) is 3. The van der Waals surface area contributed by atoms with Crippen LogP contribution in [0.3, 0.4) is 0 Å². The molecular weight excluding hydrogens is 416 g/mol. The minimum atomic E-state index is -0.121. The number of aryl methyl sites for hydroxylation is 1. The van der Waals surface area contributed by atoms with Crippen molar-refractivity contribution >= 4 is 29.3 Å². The van der Waals surface area contributed by atoms with E-state index in [0.717, 1.165) is 27.9 Å². The van der Waals surface area contributed by atoms with Crippen LogP contribution in [-0.4, -0.2) is 22.5 Å². The SMILES string of the molecule is Cc1cccc(C(C)C)c1NC(=O)c1ccc([C@@H]2SCC(=O)N2Cc2ccccc2)cc1. The molecule has 0 spiro atoms. The maximum atomic E-state index is 13.0. The fourth-order valence-electron chi connectivity index (χ4n) is 4.01. The van der Waals surface area contributed by atoms with Gasteiger partial charge < -0.3 is 10.2 Å². The molecule has 1 aliphatic heterocycles. The summed E-state index contributed by atoms with van der Waals surface area (Å²) in [5.41, 5.74) is 5.83. The summed E-state index contributed by atoms with van der Waals surface area (Å²) in [5.74, 6) is 0.820. The highest BCUT2D eigenvalue weighted by molar-refractivity contribution is 8.00. The molecule has 1 N–H and O–H groups in total. The van der Waals surface area contributed by atoms with Gasteiger partial charge in [0.2, 0.25) is 5.91 Å². The highest BCUT2D eigenvalue weighted by atomic mass is 32.2. The topological polar surface area (TPSA) is 49.4 Å². The van der Waals surface area contributed by atoms with Gasteiger partial charge in [-0.2, -0.15) is 0 Å². The summed E-state index contributed by atoms with van der Waals surface area (Å²) in [6.45, 7) is 6.85. The molecule has 3 aromatic rings. The van der Waals surface area contributed by atoms with E-state index in [1.54, 1.807) is 11.8 Å². The number of nitrogens with zero attached hydrogens (tertiary/aromatic N) is 1. The number of hydrogen-bond donors (Lipinski definition) is 1. The summed E-state index contributed by atoms with van der Waals surface area (Å²) in [4.78, 5) is 27.4. The number of carbonyl (C=O) groups is 2. The van der Waals surface area contributed by atoms with Gasteiger partial charge in [-0.15, -0.1) is 11.8 Å². The first-order valence-corrected chi connectivity index (χ1v) is 11.9. The van der Waals surface area contributed by atoms with Gasteiger partial charge in [-0.1, -0.05) is 74.5 Å². The molecule has 0 unspecified atom stereocenters. The largest absolute Gasteiger partial charge is 0.322 e. The first kappa shape index (κ1) is 22.2. The predicted molar refractivity (Wildman–Crippen MR) is 132 cm³/mol. The maximum Gasteiger partial charge on any atom is 0.255 e. The minimum Gasteiger partial charge on any atom is -0.322 e. The van der Waals surface area contributed by atoms with Gasteiger partial charge in [-0.05, 0) is 47.2 Å². The molecule has 4 rings (SSSR count). The van der Waals surface area contributed by atoms with Crippen LogP contribution in [-0.2, 0) is 11.3 Å². The van der Waals surface area contributed by atoms with Crippen LogP contribution in [0.1, 0.15) is 57.8 Å². The number of carbonyl (C=O) groups excluding carboxylic acids is 2. The number of thioether (sulfide) groups is 1. The lowest BCUT2D eigenvalue weighted by molar-refractivity contribution is -0.128. The Balaban J connectivity index is 1.51. The molecular formula is C27H28N2O2S. The van der Waals surface area contributed by atoms with E-state index in [0.29, 0.717) is 23.8 Å². The van der Waals surface area contributed by atoms with Crippen LogP contribution in [0.15, 0.2) is 72.8 Å². The lowest BCUT2D eigenvalue weighted by Crippen LogP contribution is -2.27. The van der Waals surface area contributed by atoms with Gasteiger partial charge in [0.1, 0.15) is 5.37 Å². The molecule has 1 fully saturated rings. The van der Waals surface area contributed by atoms with E-state index in [1.165, 1.54) is 0 Å². The lowest BCUT2D eigenvalue weighted by Gasteiger charge is -2.24. The molecule has 1 atom stereocenters. The normalized spacial score (nSPS) is 15.9. The van der Waals surface area contributed by atoms with E-state index in [4.69, 9.17) is 0 Å². The number of rotatable bonds is 6. The molecule has 0 aliphatic carbocycles. The van der Waals surface area contributed by atoms with Crippen molar-refractivity contribution in [3.8, 4) is 0 Å². The molecule has 4 nitrogen and oxygen atoms in total. The van der Waals surface area contributed by atoms with E-state index in [1.807, 2.05) is 78.6 Å². The van der Waals surface area contributed by atoms with Crippen molar-refractivity contribution in [1.82, 2.24) is 4.90 Å². The summed E-state index contributed by atoms with van der Waals surface area (Å²) >= 11 is 1.63. The van der Waals surface area contributed by atoms with Crippen LogP contribution in [0.25, 0.3) is 0 Å². The predicted octanol–water partition coefficient (Wildman–Crippen LogP) is 6.14. The van der Waals surface area contributed by atoms with E-state index in [9.17, 15) is 9.59 Å². The van der Waals surface area contributed by atoms with Crippen molar-refractivity contribution in [3.05, 3.63) is 101 Å². The Morgan fingerprint density at radius 3 is 2.44 bits per heavy atom. The molecule has 32 heavy (non-hydrogen) atoms. The Labute approximate surface area is 194 Å². The van der Waals surface area contributed by atoms with Crippen LogP contribution >= 0.6 is 11.8 Å².